The number of hydrogen-bond acceptors (Lipinski definition) is 3. The number of carbonyl (C=O) groups is 1. The molecule has 1 aromatic carbocycles. The van der Waals surface area contributed by atoms with E-state index in [1.54, 1.807) is 0 Å². The summed E-state index contributed by atoms with van der Waals surface area (Å²) in [5.41, 5.74) is 1.05. The summed E-state index contributed by atoms with van der Waals surface area (Å²) in [6.45, 7) is 5.32. The molecule has 2 atom stereocenters. The van der Waals surface area contributed by atoms with Crippen molar-refractivity contribution in [1.29, 1.82) is 0 Å². The number of ether oxygens (including phenoxy) is 1. The third-order valence-corrected chi connectivity index (χ3v) is 4.04. The van der Waals surface area contributed by atoms with Crippen LogP contribution in [0, 0.1) is 0 Å². The Morgan fingerprint density at radius 3 is 3.00 bits per heavy atom. The number of rotatable bonds is 1. The molecule has 0 aromatic heterocycles. The van der Waals surface area contributed by atoms with Crippen molar-refractivity contribution < 1.29 is 9.53 Å². The van der Waals surface area contributed by atoms with Gasteiger partial charge in [-0.2, -0.15) is 0 Å². The Morgan fingerprint density at radius 1 is 1.40 bits per heavy atom. The van der Waals surface area contributed by atoms with Crippen molar-refractivity contribution in [2.45, 2.75) is 25.3 Å². The summed E-state index contributed by atoms with van der Waals surface area (Å²) in [5, 5.41) is 3.32. The number of amides is 1. The first-order chi connectivity index (χ1) is 9.27. The summed E-state index contributed by atoms with van der Waals surface area (Å²) in [6, 6.07) is 8.19. The molecule has 1 unspecified atom stereocenters. The molecule has 2 heterocycles. The van der Waals surface area contributed by atoms with Crippen molar-refractivity contribution in [3.63, 3.8) is 0 Å². The summed E-state index contributed by atoms with van der Waals surface area (Å²) in [4.78, 5) is 14.8. The normalized spacial score (nSPS) is 25.1. The van der Waals surface area contributed by atoms with Crippen LogP contribution in [-0.4, -0.2) is 43.1 Å². The summed E-state index contributed by atoms with van der Waals surface area (Å²) >= 11 is 0. The van der Waals surface area contributed by atoms with Crippen molar-refractivity contribution >= 4 is 18.3 Å². The van der Waals surface area contributed by atoms with E-state index in [1.807, 2.05) is 29.2 Å². The maximum atomic E-state index is 12.8. The average Bonchev–Trinajstić information content (AvgIpc) is 2.46. The lowest BCUT2D eigenvalue weighted by atomic mass is 9.91. The zero-order valence-electron chi connectivity index (χ0n) is 11.7. The highest BCUT2D eigenvalue weighted by molar-refractivity contribution is 5.85. The molecule has 1 amide bonds. The van der Waals surface area contributed by atoms with Crippen molar-refractivity contribution in [2.75, 3.05) is 26.2 Å². The van der Waals surface area contributed by atoms with Gasteiger partial charge in [-0.05, 0) is 19.4 Å². The number of fused-ring (bicyclic) bond motifs is 1. The smallest absolute Gasteiger partial charge is 0.230 e. The van der Waals surface area contributed by atoms with E-state index in [0.29, 0.717) is 6.61 Å². The predicted molar refractivity (Wildman–Crippen MR) is 80.6 cm³/mol. The second-order valence-corrected chi connectivity index (χ2v) is 5.31. The minimum Gasteiger partial charge on any atom is -0.493 e. The van der Waals surface area contributed by atoms with Gasteiger partial charge in [0.25, 0.3) is 0 Å². The van der Waals surface area contributed by atoms with Gasteiger partial charge in [-0.1, -0.05) is 18.2 Å². The van der Waals surface area contributed by atoms with E-state index in [0.717, 1.165) is 37.4 Å². The molecule has 4 nitrogen and oxygen atoms in total. The SMILES string of the molecule is C[C@@H]1CNCCN1C(=O)C1CCOc2ccccc21.Cl. The Morgan fingerprint density at radius 2 is 2.20 bits per heavy atom. The molecule has 5 heteroatoms. The molecule has 0 saturated carbocycles. The van der Waals surface area contributed by atoms with Crippen LogP contribution in [0.3, 0.4) is 0 Å². The second-order valence-electron chi connectivity index (χ2n) is 5.31. The maximum Gasteiger partial charge on any atom is 0.230 e. The van der Waals surface area contributed by atoms with Crippen LogP contribution >= 0.6 is 12.4 Å². The van der Waals surface area contributed by atoms with Gasteiger partial charge in [0.2, 0.25) is 5.91 Å². The molecule has 2 aliphatic heterocycles. The van der Waals surface area contributed by atoms with Gasteiger partial charge in [-0.25, -0.2) is 0 Å². The van der Waals surface area contributed by atoms with Crippen LogP contribution in [0.4, 0.5) is 0 Å². The Bertz CT molecular complexity index is 481. The first-order valence-corrected chi connectivity index (χ1v) is 7.00. The monoisotopic (exact) mass is 296 g/mol. The molecule has 1 fully saturated rings. The topological polar surface area (TPSA) is 41.6 Å². The minimum atomic E-state index is -0.0366. The number of nitrogens with zero attached hydrogens (tertiary/aromatic N) is 1. The fraction of sp³-hybridized carbons (Fsp3) is 0.533. The minimum absolute atomic E-state index is 0. The van der Waals surface area contributed by atoms with Crippen molar-refractivity contribution in [1.82, 2.24) is 10.2 Å². The van der Waals surface area contributed by atoms with Gasteiger partial charge in [0.15, 0.2) is 0 Å². The third kappa shape index (κ3) is 2.76. The molecule has 1 saturated heterocycles. The standard InChI is InChI=1S/C15H20N2O2.ClH/c1-11-10-16-7-8-17(11)15(18)13-6-9-19-14-5-3-2-4-12(13)14;/h2-5,11,13,16H,6-10H2,1H3;1H/t11-,13?;/m1./s1. The molecule has 20 heavy (non-hydrogen) atoms. The van der Waals surface area contributed by atoms with E-state index >= 15 is 0 Å². The van der Waals surface area contributed by atoms with Gasteiger partial charge in [0.05, 0.1) is 12.5 Å². The van der Waals surface area contributed by atoms with Crippen LogP contribution in [0.15, 0.2) is 24.3 Å². The molecule has 0 aliphatic carbocycles. The lowest BCUT2D eigenvalue weighted by Crippen LogP contribution is -2.53. The summed E-state index contributed by atoms with van der Waals surface area (Å²) in [5.74, 6) is 1.09. The van der Waals surface area contributed by atoms with E-state index in [2.05, 4.69) is 12.2 Å². The van der Waals surface area contributed by atoms with E-state index < -0.39 is 0 Å². The van der Waals surface area contributed by atoms with Crippen molar-refractivity contribution in [3.05, 3.63) is 29.8 Å². The molecular formula is C15H21ClN2O2. The number of piperazine rings is 1. The number of para-hydroxylation sites is 1. The summed E-state index contributed by atoms with van der Waals surface area (Å²) < 4.78 is 5.63. The van der Waals surface area contributed by atoms with Gasteiger partial charge in [0.1, 0.15) is 5.75 Å². The van der Waals surface area contributed by atoms with E-state index in [9.17, 15) is 4.79 Å². The maximum absolute atomic E-state index is 12.8. The number of benzene rings is 1. The fourth-order valence-corrected chi connectivity index (χ4v) is 2.97. The molecular weight excluding hydrogens is 276 g/mol. The zero-order chi connectivity index (χ0) is 13.2. The van der Waals surface area contributed by atoms with E-state index in [4.69, 9.17) is 4.74 Å². The molecule has 110 valence electrons. The Kier molecular flexibility index (Phi) is 4.89. The van der Waals surface area contributed by atoms with Gasteiger partial charge < -0.3 is 15.0 Å². The highest BCUT2D eigenvalue weighted by Crippen LogP contribution is 2.34. The molecule has 2 aliphatic rings. The average molecular weight is 297 g/mol. The van der Waals surface area contributed by atoms with Crippen molar-refractivity contribution in [2.24, 2.45) is 0 Å². The van der Waals surface area contributed by atoms with Gasteiger partial charge in [0, 0.05) is 31.2 Å². The largest absolute Gasteiger partial charge is 0.493 e. The Balaban J connectivity index is 0.00000147. The van der Waals surface area contributed by atoms with Crippen LogP contribution < -0.4 is 10.1 Å². The number of halogens is 1. The molecule has 0 radical (unpaired) electrons. The molecule has 1 N–H and O–H groups in total. The fourth-order valence-electron chi connectivity index (χ4n) is 2.97. The zero-order valence-corrected chi connectivity index (χ0v) is 12.5. The molecule has 3 rings (SSSR count). The Hall–Kier alpha value is -1.26. The molecule has 0 bridgehead atoms. The summed E-state index contributed by atoms with van der Waals surface area (Å²) in [7, 11) is 0. The highest BCUT2D eigenvalue weighted by atomic mass is 35.5. The van der Waals surface area contributed by atoms with Crippen LogP contribution in [-0.2, 0) is 4.79 Å². The summed E-state index contributed by atoms with van der Waals surface area (Å²) in [6.07, 6.45) is 0.784. The van der Waals surface area contributed by atoms with E-state index in [-0.39, 0.29) is 30.3 Å². The number of nitrogens with one attached hydrogen (secondary N) is 1. The van der Waals surface area contributed by atoms with E-state index in [1.165, 1.54) is 0 Å². The van der Waals surface area contributed by atoms with Crippen LogP contribution in [0.5, 0.6) is 5.75 Å². The van der Waals surface area contributed by atoms with Gasteiger partial charge in [-0.15, -0.1) is 12.4 Å². The Labute approximate surface area is 125 Å². The van der Waals surface area contributed by atoms with Gasteiger partial charge in [-0.3, -0.25) is 4.79 Å². The molecule has 1 aromatic rings. The van der Waals surface area contributed by atoms with Crippen molar-refractivity contribution in [3.8, 4) is 5.75 Å². The van der Waals surface area contributed by atoms with Crippen LogP contribution in [0.25, 0.3) is 0 Å². The number of hydrogen-bond donors (Lipinski definition) is 1. The predicted octanol–water partition coefficient (Wildman–Crippen LogP) is 1.79. The lowest BCUT2D eigenvalue weighted by molar-refractivity contribution is -0.136. The van der Waals surface area contributed by atoms with Gasteiger partial charge >= 0.3 is 0 Å². The first-order valence-electron chi connectivity index (χ1n) is 7.00. The molecule has 0 spiro atoms. The second kappa shape index (κ2) is 6.46. The van der Waals surface area contributed by atoms with Crippen LogP contribution in [0.2, 0.25) is 0 Å². The van der Waals surface area contributed by atoms with Crippen LogP contribution in [0.1, 0.15) is 24.8 Å². The highest BCUT2D eigenvalue weighted by Gasteiger charge is 2.33. The quantitative estimate of drug-likeness (QED) is 0.859. The first kappa shape index (κ1) is 15.1. The third-order valence-electron chi connectivity index (χ3n) is 4.04. The number of carbonyl (C=O) groups excluding carboxylic acids is 1. The lowest BCUT2D eigenvalue weighted by Gasteiger charge is -2.37.